The number of carboxylic acids is 1. The van der Waals surface area contributed by atoms with Crippen LogP contribution in [0, 0.1) is 29.6 Å². The van der Waals surface area contributed by atoms with Gasteiger partial charge in [-0.1, -0.05) is 29.9 Å². The summed E-state index contributed by atoms with van der Waals surface area (Å²) >= 11 is 2.99. The summed E-state index contributed by atoms with van der Waals surface area (Å²) in [6.07, 6.45) is 2.87. The Hall–Kier alpha value is -2.59. The number of likely N-dealkylation sites (tertiary alicyclic amines) is 1. The fourth-order valence-corrected chi connectivity index (χ4v) is 10.3. The van der Waals surface area contributed by atoms with E-state index in [0.29, 0.717) is 25.8 Å². The van der Waals surface area contributed by atoms with Crippen molar-refractivity contribution in [3.63, 3.8) is 0 Å². The van der Waals surface area contributed by atoms with Crippen molar-refractivity contribution in [2.24, 2.45) is 29.6 Å². The van der Waals surface area contributed by atoms with E-state index < -0.39 is 5.97 Å². The van der Waals surface area contributed by atoms with Crippen LogP contribution in [0.4, 0.5) is 5.69 Å². The van der Waals surface area contributed by atoms with Gasteiger partial charge >= 0.3 is 10.8 Å². The number of nitrogens with one attached hydrogen (secondary N) is 1. The molecule has 6 unspecified atom stereocenters. The Morgan fingerprint density at radius 3 is 2.43 bits per heavy atom. The van der Waals surface area contributed by atoms with Gasteiger partial charge in [0.05, 0.1) is 16.9 Å². The molecule has 6 rings (SSSR count). The molecule has 1 aromatic heterocycles. The number of aromatic nitrogens is 1. The average Bonchev–Trinajstić information content (AvgIpc) is 3.58. The lowest BCUT2D eigenvalue weighted by atomic mass is 9.68. The van der Waals surface area contributed by atoms with Gasteiger partial charge in [0.2, 0.25) is 11.8 Å². The predicted molar refractivity (Wildman–Crippen MR) is 142 cm³/mol. The fourth-order valence-electron chi connectivity index (χ4n) is 7.37. The summed E-state index contributed by atoms with van der Waals surface area (Å²) < 4.78 is 0. The number of hydrogen-bond donors (Lipinski definition) is 2. The fraction of sp³-hybridized carbons (Fsp3) is 0.556. The molecule has 2 aliphatic carbocycles. The molecule has 2 aliphatic heterocycles. The third-order valence-corrected chi connectivity index (χ3v) is 11.4. The highest BCUT2D eigenvalue weighted by Gasteiger charge is 2.69. The van der Waals surface area contributed by atoms with Crippen molar-refractivity contribution >= 4 is 46.6 Å². The normalized spacial score (nSPS) is 31.4. The highest BCUT2D eigenvalue weighted by molar-refractivity contribution is 8.00. The summed E-state index contributed by atoms with van der Waals surface area (Å²) in [5.41, 5.74) is 2.27. The van der Waals surface area contributed by atoms with E-state index in [1.54, 1.807) is 11.8 Å². The molecule has 196 valence electrons. The highest BCUT2D eigenvalue weighted by Crippen LogP contribution is 2.68. The first-order valence-electron chi connectivity index (χ1n) is 13.0. The van der Waals surface area contributed by atoms with Gasteiger partial charge in [0, 0.05) is 48.8 Å². The zero-order chi connectivity index (χ0) is 26.0. The van der Waals surface area contributed by atoms with Crippen LogP contribution in [0.3, 0.4) is 0 Å². The minimum atomic E-state index is -0.819. The zero-order valence-electron chi connectivity index (χ0n) is 20.9. The minimum absolute atomic E-state index is 0.0327. The number of fused-ring (bicyclic) bond motifs is 9. The van der Waals surface area contributed by atoms with Crippen LogP contribution in [-0.4, -0.2) is 58.7 Å². The van der Waals surface area contributed by atoms with Crippen molar-refractivity contribution in [2.45, 2.75) is 48.3 Å². The van der Waals surface area contributed by atoms with Gasteiger partial charge in [0.15, 0.2) is 0 Å². The van der Waals surface area contributed by atoms with Crippen LogP contribution in [0.25, 0.3) is 0 Å². The van der Waals surface area contributed by atoms with E-state index >= 15 is 0 Å². The van der Waals surface area contributed by atoms with Crippen LogP contribution < -0.4 is 9.77 Å². The molecule has 7 atom stereocenters. The number of amides is 2. The van der Waals surface area contributed by atoms with Crippen molar-refractivity contribution in [1.29, 1.82) is 0 Å². The van der Waals surface area contributed by atoms with Gasteiger partial charge in [-0.2, -0.15) is 0 Å². The number of carbonyl (C=O) groups excluding carboxylic acids is 2. The number of H-pyrrole nitrogens is 1. The van der Waals surface area contributed by atoms with E-state index in [4.69, 9.17) is 5.11 Å². The minimum Gasteiger partial charge on any atom is -0.481 e. The molecular weight excluding hydrogens is 510 g/mol. The van der Waals surface area contributed by atoms with Crippen LogP contribution in [0.15, 0.2) is 34.1 Å². The summed E-state index contributed by atoms with van der Waals surface area (Å²) in [7, 11) is 4.02. The lowest BCUT2D eigenvalue weighted by Gasteiger charge is -2.43. The van der Waals surface area contributed by atoms with Crippen molar-refractivity contribution in [3.05, 3.63) is 44.4 Å². The van der Waals surface area contributed by atoms with Gasteiger partial charge in [-0.15, -0.1) is 11.8 Å². The van der Waals surface area contributed by atoms with Crippen molar-refractivity contribution in [2.75, 3.05) is 25.5 Å². The van der Waals surface area contributed by atoms with Gasteiger partial charge in [-0.05, 0) is 54.7 Å². The van der Waals surface area contributed by atoms with Crippen LogP contribution in [-0.2, 0) is 14.4 Å². The summed E-state index contributed by atoms with van der Waals surface area (Å²) in [5.74, 6) is -0.981. The molecule has 2 bridgehead atoms. The number of thioether (sulfide) groups is 1. The van der Waals surface area contributed by atoms with Crippen LogP contribution >= 0.6 is 23.1 Å². The predicted octanol–water partition coefficient (Wildman–Crippen LogP) is 3.62. The number of aliphatic carboxylic acids is 1. The summed E-state index contributed by atoms with van der Waals surface area (Å²) in [6, 6.07) is 8.51. The van der Waals surface area contributed by atoms with Crippen molar-refractivity contribution in [3.8, 4) is 0 Å². The van der Waals surface area contributed by atoms with E-state index in [-0.39, 0.29) is 63.9 Å². The quantitative estimate of drug-likeness (QED) is 0.388. The van der Waals surface area contributed by atoms with Crippen LogP contribution in [0.2, 0.25) is 0 Å². The second kappa shape index (κ2) is 9.31. The molecule has 2 N–H and O–H groups in total. The molecule has 2 aromatic rings. The van der Waals surface area contributed by atoms with E-state index in [1.165, 1.54) is 16.2 Å². The first-order valence-corrected chi connectivity index (χ1v) is 14.7. The zero-order valence-corrected chi connectivity index (χ0v) is 22.5. The Balaban J connectivity index is 1.28. The molecule has 1 saturated heterocycles. The second-order valence-electron chi connectivity index (χ2n) is 11.0. The standard InChI is InChI=1S/C27H31N3O5S2/c1-29(2)14-9-7-13(8-10-14)18-19-15-12-16(22(19)36-24-23(18)37-27(35)28-24)21-20(15)25(33)30(26(21)34)11-5-3-4-6-17(31)32/h7-10,15-16,18-22H,3-6,11-12H2,1-2H3,(H,28,35)(H,31,32)/t15?,16?,18-,19?,20?,21?,22?/m1/s1. The van der Waals surface area contributed by atoms with Crippen LogP contribution in [0.1, 0.15) is 48.5 Å². The van der Waals surface area contributed by atoms with E-state index in [9.17, 15) is 19.2 Å². The monoisotopic (exact) mass is 541 g/mol. The molecule has 1 aromatic carbocycles. The smallest absolute Gasteiger partial charge is 0.305 e. The van der Waals surface area contributed by atoms with Gasteiger partial charge in [-0.25, -0.2) is 0 Å². The average molecular weight is 542 g/mol. The third-order valence-electron chi connectivity index (χ3n) is 8.86. The Morgan fingerprint density at radius 2 is 1.76 bits per heavy atom. The van der Waals surface area contributed by atoms with Crippen molar-refractivity contribution in [1.82, 2.24) is 9.88 Å². The number of carbonyl (C=O) groups is 3. The summed E-state index contributed by atoms with van der Waals surface area (Å²) in [4.78, 5) is 57.8. The largest absolute Gasteiger partial charge is 0.481 e. The number of nitrogens with zero attached hydrogens (tertiary/aromatic N) is 2. The number of rotatable bonds is 8. The van der Waals surface area contributed by atoms with E-state index in [1.807, 2.05) is 14.1 Å². The third kappa shape index (κ3) is 3.94. The maximum absolute atomic E-state index is 13.6. The Labute approximate surface area is 223 Å². The SMILES string of the molecule is CN(C)c1ccc([C@H]2c3sc(=O)[nH]c3SC3C4CC(C5C(=O)N(CCCCCC(=O)O)C(=O)C45)C32)cc1. The number of carboxylic acid groups (broad SMARTS) is 1. The molecule has 0 spiro atoms. The van der Waals surface area contributed by atoms with E-state index in [2.05, 4.69) is 34.1 Å². The molecular formula is C27H31N3O5S2. The van der Waals surface area contributed by atoms with Gasteiger partial charge in [-0.3, -0.25) is 24.1 Å². The topological polar surface area (TPSA) is 111 Å². The number of thiazole rings is 1. The second-order valence-corrected chi connectivity index (χ2v) is 13.2. The number of aromatic amines is 1. The molecule has 3 fully saturated rings. The van der Waals surface area contributed by atoms with Crippen LogP contribution in [0.5, 0.6) is 0 Å². The van der Waals surface area contributed by atoms with Gasteiger partial charge in [0.1, 0.15) is 0 Å². The molecule has 0 radical (unpaired) electrons. The number of benzene rings is 1. The summed E-state index contributed by atoms with van der Waals surface area (Å²) in [6.45, 7) is 0.377. The lowest BCUT2D eigenvalue weighted by Crippen LogP contribution is -2.42. The number of anilines is 1. The van der Waals surface area contributed by atoms with Gasteiger partial charge < -0.3 is 15.0 Å². The first kappa shape index (κ1) is 24.7. The Morgan fingerprint density at radius 1 is 1.05 bits per heavy atom. The molecule has 8 nitrogen and oxygen atoms in total. The molecule has 4 aliphatic rings. The van der Waals surface area contributed by atoms with Gasteiger partial charge in [0.25, 0.3) is 0 Å². The Bertz CT molecular complexity index is 1300. The lowest BCUT2D eigenvalue weighted by molar-refractivity contribution is -0.141. The molecule has 10 heteroatoms. The number of hydrogen-bond acceptors (Lipinski definition) is 7. The maximum Gasteiger partial charge on any atom is 0.305 e. The number of unbranched alkanes of at least 4 members (excludes halogenated alkanes) is 2. The van der Waals surface area contributed by atoms with Crippen molar-refractivity contribution < 1.29 is 19.5 Å². The molecule has 2 amide bonds. The maximum atomic E-state index is 13.6. The van der Waals surface area contributed by atoms with E-state index in [0.717, 1.165) is 27.6 Å². The molecule has 37 heavy (non-hydrogen) atoms. The first-order chi connectivity index (χ1) is 17.8. The number of imide groups is 1. The highest BCUT2D eigenvalue weighted by atomic mass is 32.2. The molecule has 2 saturated carbocycles. The summed E-state index contributed by atoms with van der Waals surface area (Å²) in [5, 5.41) is 9.96. The Kier molecular flexibility index (Phi) is 6.22. The molecule has 3 heterocycles.